The van der Waals surface area contributed by atoms with Gasteiger partial charge in [-0.3, -0.25) is 0 Å². The molecule has 0 aliphatic heterocycles. The van der Waals surface area contributed by atoms with E-state index < -0.39 is 0 Å². The van der Waals surface area contributed by atoms with E-state index in [2.05, 4.69) is 20.8 Å². The Labute approximate surface area is 76.4 Å². The summed E-state index contributed by atoms with van der Waals surface area (Å²) in [6, 6.07) is 0.307. The molecule has 1 aromatic rings. The average Bonchev–Trinajstić information content (AvgIpc) is 2.59. The Morgan fingerprint density at radius 1 is 1.83 bits per heavy atom. The molecule has 64 valence electrons. The molecule has 1 unspecified atom stereocenters. The van der Waals surface area contributed by atoms with E-state index in [1.807, 2.05) is 7.05 Å². The van der Waals surface area contributed by atoms with Crippen molar-refractivity contribution in [2.24, 2.45) is 0 Å². The molecule has 12 heavy (non-hydrogen) atoms. The van der Waals surface area contributed by atoms with Crippen LogP contribution in [0.1, 0.15) is 23.8 Å². The molecule has 0 aliphatic rings. The first-order valence-corrected chi connectivity index (χ1v) is 4.53. The zero-order valence-electron chi connectivity index (χ0n) is 6.95. The number of hydrogen-bond acceptors (Lipinski definition) is 4. The summed E-state index contributed by atoms with van der Waals surface area (Å²) in [5.41, 5.74) is 0. The van der Waals surface area contributed by atoms with Crippen LogP contribution in [0.15, 0.2) is 6.20 Å². The normalized spacial score (nSPS) is 12.3. The molecule has 0 amide bonds. The van der Waals surface area contributed by atoms with Gasteiger partial charge in [-0.25, -0.2) is 0 Å². The van der Waals surface area contributed by atoms with Crippen molar-refractivity contribution in [3.8, 4) is 12.3 Å². The van der Waals surface area contributed by atoms with Gasteiger partial charge in [-0.05, 0) is 25.0 Å². The van der Waals surface area contributed by atoms with Gasteiger partial charge in [-0.15, -0.1) is 17.4 Å². The van der Waals surface area contributed by atoms with Crippen LogP contribution in [0.25, 0.3) is 0 Å². The minimum absolute atomic E-state index is 0.307. The molecule has 0 bridgehead atoms. The van der Waals surface area contributed by atoms with Crippen molar-refractivity contribution in [1.82, 2.24) is 14.9 Å². The third kappa shape index (κ3) is 2.29. The quantitative estimate of drug-likeness (QED) is 0.709. The Kier molecular flexibility index (Phi) is 3.71. The average molecular weight is 181 g/mol. The summed E-state index contributed by atoms with van der Waals surface area (Å²) in [5, 5.41) is 6.95. The van der Waals surface area contributed by atoms with Crippen LogP contribution in [-0.2, 0) is 0 Å². The Morgan fingerprint density at radius 3 is 3.17 bits per heavy atom. The van der Waals surface area contributed by atoms with E-state index in [0.29, 0.717) is 6.04 Å². The maximum atomic E-state index is 5.18. The molecule has 0 aromatic carbocycles. The largest absolute Gasteiger partial charge is 0.312 e. The van der Waals surface area contributed by atoms with Crippen LogP contribution < -0.4 is 5.32 Å². The van der Waals surface area contributed by atoms with Crippen LogP contribution in [0.3, 0.4) is 0 Å². The monoisotopic (exact) mass is 181 g/mol. The van der Waals surface area contributed by atoms with E-state index in [-0.39, 0.29) is 0 Å². The predicted octanol–water partition coefficient (Wildman–Crippen LogP) is 1.21. The molecule has 0 spiro atoms. The van der Waals surface area contributed by atoms with E-state index in [9.17, 15) is 0 Å². The zero-order valence-corrected chi connectivity index (χ0v) is 7.77. The lowest BCUT2D eigenvalue weighted by Crippen LogP contribution is -2.14. The molecular formula is C8H11N3S. The molecule has 1 heterocycles. The van der Waals surface area contributed by atoms with E-state index in [0.717, 1.165) is 17.7 Å². The standard InChI is InChI=1S/C8H11N3S/c1-3-4-5-7(9-2)8-6-10-11-12-8/h1,6-7,9H,4-5H2,2H3. The van der Waals surface area contributed by atoms with Crippen molar-refractivity contribution in [2.45, 2.75) is 18.9 Å². The minimum Gasteiger partial charge on any atom is -0.312 e. The highest BCUT2D eigenvalue weighted by molar-refractivity contribution is 7.05. The summed E-state index contributed by atoms with van der Waals surface area (Å²) in [7, 11) is 1.92. The summed E-state index contributed by atoms with van der Waals surface area (Å²) < 4.78 is 3.80. The minimum atomic E-state index is 0.307. The van der Waals surface area contributed by atoms with Gasteiger partial charge in [0.25, 0.3) is 0 Å². The molecule has 4 heteroatoms. The first-order chi connectivity index (χ1) is 5.88. The second kappa shape index (κ2) is 4.86. The van der Waals surface area contributed by atoms with Crippen LogP contribution in [-0.4, -0.2) is 16.6 Å². The third-order valence-corrected chi connectivity index (χ3v) is 2.42. The fourth-order valence-electron chi connectivity index (χ4n) is 0.985. The van der Waals surface area contributed by atoms with Gasteiger partial charge in [0.05, 0.1) is 11.1 Å². The molecule has 0 radical (unpaired) electrons. The number of hydrogen-bond donors (Lipinski definition) is 1. The van der Waals surface area contributed by atoms with E-state index in [4.69, 9.17) is 6.42 Å². The smallest absolute Gasteiger partial charge is 0.0669 e. The molecule has 1 N–H and O–H groups in total. The van der Waals surface area contributed by atoms with Crippen LogP contribution in [0.5, 0.6) is 0 Å². The predicted molar refractivity (Wildman–Crippen MR) is 49.8 cm³/mol. The number of nitrogens with zero attached hydrogens (tertiary/aromatic N) is 2. The molecule has 0 fully saturated rings. The fourth-order valence-corrected chi connectivity index (χ4v) is 1.63. The summed E-state index contributed by atoms with van der Waals surface area (Å²) in [5.74, 6) is 2.62. The van der Waals surface area contributed by atoms with Crippen molar-refractivity contribution in [3.05, 3.63) is 11.1 Å². The van der Waals surface area contributed by atoms with E-state index in [1.165, 1.54) is 11.5 Å². The number of terminal acetylenes is 1. The Bertz CT molecular complexity index is 250. The summed E-state index contributed by atoms with van der Waals surface area (Å²) in [6.07, 6.45) is 8.68. The topological polar surface area (TPSA) is 37.8 Å². The van der Waals surface area contributed by atoms with Crippen molar-refractivity contribution >= 4 is 11.5 Å². The molecule has 3 nitrogen and oxygen atoms in total. The summed E-state index contributed by atoms with van der Waals surface area (Å²) in [6.45, 7) is 0. The lowest BCUT2D eigenvalue weighted by Gasteiger charge is -2.10. The van der Waals surface area contributed by atoms with Crippen molar-refractivity contribution in [2.75, 3.05) is 7.05 Å². The van der Waals surface area contributed by atoms with Crippen molar-refractivity contribution in [3.63, 3.8) is 0 Å². The van der Waals surface area contributed by atoms with Gasteiger partial charge in [-0.1, -0.05) is 4.49 Å². The van der Waals surface area contributed by atoms with Crippen molar-refractivity contribution < 1.29 is 0 Å². The molecule has 1 atom stereocenters. The van der Waals surface area contributed by atoms with Gasteiger partial charge in [0, 0.05) is 12.5 Å². The van der Waals surface area contributed by atoms with Crippen LogP contribution in [0.2, 0.25) is 0 Å². The Morgan fingerprint density at radius 2 is 2.67 bits per heavy atom. The third-order valence-electron chi connectivity index (χ3n) is 1.65. The lowest BCUT2D eigenvalue weighted by molar-refractivity contribution is 0.566. The van der Waals surface area contributed by atoms with E-state index in [1.54, 1.807) is 6.20 Å². The number of nitrogens with one attached hydrogen (secondary N) is 1. The van der Waals surface area contributed by atoms with Gasteiger partial charge in [0.15, 0.2) is 0 Å². The maximum absolute atomic E-state index is 5.18. The number of rotatable bonds is 4. The highest BCUT2D eigenvalue weighted by Crippen LogP contribution is 2.19. The first kappa shape index (κ1) is 9.17. The molecule has 0 saturated heterocycles. The highest BCUT2D eigenvalue weighted by Gasteiger charge is 2.09. The van der Waals surface area contributed by atoms with Crippen LogP contribution >= 0.6 is 11.5 Å². The summed E-state index contributed by atoms with van der Waals surface area (Å²) in [4.78, 5) is 1.15. The second-order valence-corrected chi connectivity index (χ2v) is 3.22. The van der Waals surface area contributed by atoms with Gasteiger partial charge < -0.3 is 5.32 Å². The lowest BCUT2D eigenvalue weighted by atomic mass is 10.1. The van der Waals surface area contributed by atoms with Gasteiger partial charge in [0.1, 0.15) is 0 Å². The Hall–Kier alpha value is -0.920. The Balaban J connectivity index is 2.52. The van der Waals surface area contributed by atoms with Crippen LogP contribution in [0.4, 0.5) is 0 Å². The maximum Gasteiger partial charge on any atom is 0.0669 e. The summed E-state index contributed by atoms with van der Waals surface area (Å²) >= 11 is 1.41. The number of aromatic nitrogens is 2. The second-order valence-electron chi connectivity index (χ2n) is 2.40. The molecule has 1 rings (SSSR count). The SMILES string of the molecule is C#CCCC(NC)c1cnns1. The van der Waals surface area contributed by atoms with Crippen molar-refractivity contribution in [1.29, 1.82) is 0 Å². The zero-order chi connectivity index (χ0) is 8.81. The van der Waals surface area contributed by atoms with Gasteiger partial charge in [-0.2, -0.15) is 0 Å². The van der Waals surface area contributed by atoms with E-state index >= 15 is 0 Å². The fraction of sp³-hybridized carbons (Fsp3) is 0.500. The van der Waals surface area contributed by atoms with Crippen LogP contribution in [0, 0.1) is 12.3 Å². The van der Waals surface area contributed by atoms with Gasteiger partial charge >= 0.3 is 0 Å². The molecule has 0 aliphatic carbocycles. The van der Waals surface area contributed by atoms with Gasteiger partial charge in [0.2, 0.25) is 0 Å². The highest BCUT2D eigenvalue weighted by atomic mass is 32.1. The molecular weight excluding hydrogens is 170 g/mol. The molecule has 0 saturated carbocycles. The molecule has 1 aromatic heterocycles. The first-order valence-electron chi connectivity index (χ1n) is 3.76.